The van der Waals surface area contributed by atoms with Gasteiger partial charge in [0.25, 0.3) is 0 Å². The maximum absolute atomic E-state index is 3.68. The monoisotopic (exact) mass is 278 g/mol. The van der Waals surface area contributed by atoms with Gasteiger partial charge in [-0.2, -0.15) is 0 Å². The van der Waals surface area contributed by atoms with Gasteiger partial charge in [-0.1, -0.05) is 0 Å². The van der Waals surface area contributed by atoms with Gasteiger partial charge in [0.15, 0.2) is 0 Å². The number of nitrogens with zero attached hydrogens (tertiary/aromatic N) is 1. The molecule has 0 amide bonds. The van der Waals surface area contributed by atoms with Crippen LogP contribution in [0.25, 0.3) is 0 Å². The molecule has 2 nitrogen and oxygen atoms in total. The van der Waals surface area contributed by atoms with Crippen molar-refractivity contribution in [2.24, 2.45) is 5.92 Å². The minimum atomic E-state index is 0.253. The molecule has 19 heavy (non-hydrogen) atoms. The number of thiophene rings is 1. The Kier molecular flexibility index (Phi) is 3.71. The second kappa shape index (κ2) is 5.19. The lowest BCUT2D eigenvalue weighted by Gasteiger charge is -2.46. The molecule has 1 aliphatic carbocycles. The third kappa shape index (κ3) is 3.04. The molecule has 2 atom stereocenters. The van der Waals surface area contributed by atoms with E-state index in [0.29, 0.717) is 0 Å². The Morgan fingerprint density at radius 3 is 2.89 bits per heavy atom. The molecule has 1 saturated carbocycles. The first kappa shape index (κ1) is 13.6. The fourth-order valence-electron chi connectivity index (χ4n) is 3.26. The quantitative estimate of drug-likeness (QED) is 0.913. The smallest absolute Gasteiger partial charge is 0.0247 e. The molecule has 0 saturated heterocycles. The second-order valence-corrected chi connectivity index (χ2v) is 8.13. The molecule has 1 aliphatic heterocycles. The Morgan fingerprint density at radius 2 is 2.21 bits per heavy atom. The van der Waals surface area contributed by atoms with Gasteiger partial charge in [-0.3, -0.25) is 4.90 Å². The van der Waals surface area contributed by atoms with Crippen LogP contribution in [0.15, 0.2) is 11.4 Å². The van der Waals surface area contributed by atoms with Crippen LogP contribution in [0.5, 0.6) is 0 Å². The molecule has 0 aromatic carbocycles. The van der Waals surface area contributed by atoms with E-state index in [4.69, 9.17) is 0 Å². The van der Waals surface area contributed by atoms with E-state index in [2.05, 4.69) is 42.4 Å². The molecule has 1 aromatic rings. The van der Waals surface area contributed by atoms with E-state index in [1.54, 1.807) is 10.4 Å². The van der Waals surface area contributed by atoms with Gasteiger partial charge in [0.2, 0.25) is 0 Å². The largest absolute Gasteiger partial charge is 0.312 e. The van der Waals surface area contributed by atoms with Crippen molar-refractivity contribution in [2.45, 2.75) is 58.2 Å². The average molecular weight is 278 g/mol. The predicted octanol–water partition coefficient (Wildman–Crippen LogP) is 3.27. The van der Waals surface area contributed by atoms with Crippen molar-refractivity contribution in [1.29, 1.82) is 0 Å². The average Bonchev–Trinajstić information content (AvgIpc) is 2.73. The van der Waals surface area contributed by atoms with Gasteiger partial charge in [0.1, 0.15) is 0 Å². The summed E-state index contributed by atoms with van der Waals surface area (Å²) in [6.45, 7) is 10.4. The van der Waals surface area contributed by atoms with E-state index in [9.17, 15) is 0 Å². The van der Waals surface area contributed by atoms with Gasteiger partial charge >= 0.3 is 0 Å². The Bertz CT molecular complexity index is 432. The Labute approximate surface area is 121 Å². The first-order chi connectivity index (χ1) is 9.03. The van der Waals surface area contributed by atoms with E-state index in [1.807, 2.05) is 11.3 Å². The first-order valence-corrected chi connectivity index (χ1v) is 8.45. The summed E-state index contributed by atoms with van der Waals surface area (Å²) in [6, 6.07) is 3.15. The van der Waals surface area contributed by atoms with Gasteiger partial charge < -0.3 is 5.32 Å². The highest BCUT2D eigenvalue weighted by atomic mass is 32.1. The first-order valence-electron chi connectivity index (χ1n) is 7.57. The SMILES string of the molecule is CC(C)(C)NCC1CCC1N1CCc2sccc2C1. The predicted molar refractivity (Wildman–Crippen MR) is 82.7 cm³/mol. The molecule has 0 spiro atoms. The molecule has 1 N–H and O–H groups in total. The number of nitrogens with one attached hydrogen (secondary N) is 1. The van der Waals surface area contributed by atoms with Crippen LogP contribution in [-0.2, 0) is 13.0 Å². The fourth-order valence-corrected chi connectivity index (χ4v) is 4.15. The van der Waals surface area contributed by atoms with Gasteiger partial charge in [-0.05, 0) is 69.5 Å². The summed E-state index contributed by atoms with van der Waals surface area (Å²) >= 11 is 1.94. The normalized spacial score (nSPS) is 27.9. The molecule has 106 valence electrons. The molecule has 0 radical (unpaired) electrons. The molecule has 0 bridgehead atoms. The molecule has 2 heterocycles. The highest BCUT2D eigenvalue weighted by molar-refractivity contribution is 7.10. The van der Waals surface area contributed by atoms with Crippen LogP contribution < -0.4 is 5.32 Å². The third-order valence-corrected chi connectivity index (χ3v) is 5.60. The lowest BCUT2D eigenvalue weighted by molar-refractivity contribution is 0.0484. The molecule has 3 heteroatoms. The molecule has 2 aliphatic rings. The van der Waals surface area contributed by atoms with Crippen molar-refractivity contribution in [2.75, 3.05) is 13.1 Å². The summed E-state index contributed by atoms with van der Waals surface area (Å²) in [7, 11) is 0. The van der Waals surface area contributed by atoms with Crippen LogP contribution in [0.3, 0.4) is 0 Å². The molecule has 3 rings (SSSR count). The van der Waals surface area contributed by atoms with Crippen LogP contribution in [-0.4, -0.2) is 29.6 Å². The number of hydrogen-bond acceptors (Lipinski definition) is 3. The minimum absolute atomic E-state index is 0.253. The van der Waals surface area contributed by atoms with E-state index >= 15 is 0 Å². The molecule has 1 fully saturated rings. The summed E-state index contributed by atoms with van der Waals surface area (Å²) in [6.07, 6.45) is 4.07. The van der Waals surface area contributed by atoms with Crippen molar-refractivity contribution >= 4 is 11.3 Å². The standard InChI is InChI=1S/C16H26N2S/c1-16(2,3)17-10-12-4-5-14(12)18-8-6-15-13(11-18)7-9-19-15/h7,9,12,14,17H,4-6,8,10-11H2,1-3H3. The number of rotatable bonds is 3. The summed E-state index contributed by atoms with van der Waals surface area (Å²) < 4.78 is 0. The van der Waals surface area contributed by atoms with Crippen molar-refractivity contribution in [3.8, 4) is 0 Å². The van der Waals surface area contributed by atoms with Crippen molar-refractivity contribution in [3.63, 3.8) is 0 Å². The van der Waals surface area contributed by atoms with E-state index in [0.717, 1.165) is 12.0 Å². The lowest BCUT2D eigenvalue weighted by Crippen LogP contribution is -2.53. The highest BCUT2D eigenvalue weighted by Gasteiger charge is 2.37. The van der Waals surface area contributed by atoms with Crippen molar-refractivity contribution in [3.05, 3.63) is 21.9 Å². The zero-order valence-corrected chi connectivity index (χ0v) is 13.2. The van der Waals surface area contributed by atoms with Crippen LogP contribution in [0.2, 0.25) is 0 Å². The molecule has 1 aromatic heterocycles. The number of fused-ring (bicyclic) bond motifs is 1. The summed E-state index contributed by atoms with van der Waals surface area (Å²) in [5, 5.41) is 5.94. The van der Waals surface area contributed by atoms with Crippen LogP contribution in [0.4, 0.5) is 0 Å². The summed E-state index contributed by atoms with van der Waals surface area (Å²) in [5.41, 5.74) is 1.84. The lowest BCUT2D eigenvalue weighted by atomic mass is 9.77. The van der Waals surface area contributed by atoms with Crippen molar-refractivity contribution in [1.82, 2.24) is 10.2 Å². The Balaban J connectivity index is 1.56. The molecular formula is C16H26N2S. The van der Waals surface area contributed by atoms with E-state index in [1.165, 1.54) is 38.9 Å². The number of hydrogen-bond donors (Lipinski definition) is 1. The summed E-state index contributed by atoms with van der Waals surface area (Å²) in [5.74, 6) is 0.861. The molecule has 2 unspecified atom stereocenters. The maximum Gasteiger partial charge on any atom is 0.0247 e. The fraction of sp³-hybridized carbons (Fsp3) is 0.750. The highest BCUT2D eigenvalue weighted by Crippen LogP contribution is 2.35. The van der Waals surface area contributed by atoms with Gasteiger partial charge in [-0.15, -0.1) is 11.3 Å². The van der Waals surface area contributed by atoms with E-state index < -0.39 is 0 Å². The van der Waals surface area contributed by atoms with Crippen LogP contribution in [0, 0.1) is 5.92 Å². The third-order valence-electron chi connectivity index (χ3n) is 4.58. The van der Waals surface area contributed by atoms with Gasteiger partial charge in [-0.25, -0.2) is 0 Å². The Morgan fingerprint density at radius 1 is 1.37 bits per heavy atom. The van der Waals surface area contributed by atoms with Gasteiger partial charge in [0, 0.05) is 29.5 Å². The van der Waals surface area contributed by atoms with Crippen LogP contribution in [0.1, 0.15) is 44.1 Å². The minimum Gasteiger partial charge on any atom is -0.312 e. The zero-order chi connectivity index (χ0) is 13.5. The summed E-state index contributed by atoms with van der Waals surface area (Å²) in [4.78, 5) is 4.35. The van der Waals surface area contributed by atoms with Crippen LogP contribution >= 0.6 is 11.3 Å². The van der Waals surface area contributed by atoms with Gasteiger partial charge in [0.05, 0.1) is 0 Å². The zero-order valence-electron chi connectivity index (χ0n) is 12.4. The van der Waals surface area contributed by atoms with E-state index in [-0.39, 0.29) is 5.54 Å². The maximum atomic E-state index is 3.68. The second-order valence-electron chi connectivity index (χ2n) is 7.13. The van der Waals surface area contributed by atoms with Crippen molar-refractivity contribution < 1.29 is 0 Å². The molecular weight excluding hydrogens is 252 g/mol. The topological polar surface area (TPSA) is 15.3 Å². The Hall–Kier alpha value is -0.380.